The van der Waals surface area contributed by atoms with Crippen LogP contribution in [0.1, 0.15) is 10.6 Å². The number of fused-ring (bicyclic) bond motifs is 1. The second-order valence-corrected chi connectivity index (χ2v) is 4.94. The Morgan fingerprint density at radius 1 is 1.05 bits per heavy atom. The summed E-state index contributed by atoms with van der Waals surface area (Å²) in [4.78, 5) is 12.1. The summed E-state index contributed by atoms with van der Waals surface area (Å²) in [5, 5.41) is 3.72. The van der Waals surface area contributed by atoms with E-state index in [-0.39, 0.29) is 5.91 Å². The van der Waals surface area contributed by atoms with E-state index in [0.717, 1.165) is 9.86 Å². The predicted molar refractivity (Wildman–Crippen MR) is 78.3 cm³/mol. The first-order valence-corrected chi connectivity index (χ1v) is 6.58. The highest BCUT2D eigenvalue weighted by atomic mass is 79.9. The number of benzene rings is 2. The lowest BCUT2D eigenvalue weighted by molar-refractivity contribution is 0.0998. The molecule has 0 aliphatic carbocycles. The third-order valence-corrected chi connectivity index (χ3v) is 3.46. The Morgan fingerprint density at radius 2 is 1.79 bits per heavy atom. The van der Waals surface area contributed by atoms with E-state index in [0.29, 0.717) is 17.0 Å². The lowest BCUT2D eigenvalue weighted by Gasteiger charge is -2.04. The molecule has 0 atom stereocenters. The SMILES string of the molecule is O=C(Nc1ccccc1Br)c1cc2ccccc2o1. The van der Waals surface area contributed by atoms with Crippen LogP contribution in [0.5, 0.6) is 0 Å². The molecule has 3 nitrogen and oxygen atoms in total. The Bertz CT molecular complexity index is 715. The highest BCUT2D eigenvalue weighted by molar-refractivity contribution is 9.10. The van der Waals surface area contributed by atoms with Crippen LogP contribution < -0.4 is 5.32 Å². The number of rotatable bonds is 2. The van der Waals surface area contributed by atoms with Crippen LogP contribution in [-0.4, -0.2) is 5.91 Å². The summed E-state index contributed by atoms with van der Waals surface area (Å²) in [5.41, 5.74) is 1.42. The molecule has 0 saturated heterocycles. The Balaban J connectivity index is 1.90. The molecule has 1 N–H and O–H groups in total. The van der Waals surface area contributed by atoms with E-state index in [1.165, 1.54) is 0 Å². The molecule has 3 aromatic rings. The van der Waals surface area contributed by atoms with E-state index in [4.69, 9.17) is 4.42 Å². The number of hydrogen-bond acceptors (Lipinski definition) is 2. The lowest BCUT2D eigenvalue weighted by Crippen LogP contribution is -2.11. The molecule has 0 bridgehead atoms. The van der Waals surface area contributed by atoms with Gasteiger partial charge in [-0.05, 0) is 40.2 Å². The van der Waals surface area contributed by atoms with Crippen LogP contribution in [0.3, 0.4) is 0 Å². The third-order valence-electron chi connectivity index (χ3n) is 2.77. The average Bonchev–Trinajstić information content (AvgIpc) is 2.85. The van der Waals surface area contributed by atoms with Gasteiger partial charge >= 0.3 is 0 Å². The van der Waals surface area contributed by atoms with Crippen molar-refractivity contribution in [2.75, 3.05) is 5.32 Å². The molecule has 19 heavy (non-hydrogen) atoms. The normalized spacial score (nSPS) is 10.6. The van der Waals surface area contributed by atoms with Gasteiger partial charge in [0.2, 0.25) is 0 Å². The number of amides is 1. The van der Waals surface area contributed by atoms with Crippen molar-refractivity contribution in [3.05, 3.63) is 64.8 Å². The molecule has 1 amide bonds. The van der Waals surface area contributed by atoms with Gasteiger partial charge in [0.25, 0.3) is 5.91 Å². The van der Waals surface area contributed by atoms with Gasteiger partial charge in [-0.25, -0.2) is 0 Å². The third kappa shape index (κ3) is 2.39. The van der Waals surface area contributed by atoms with E-state index < -0.39 is 0 Å². The highest BCUT2D eigenvalue weighted by Crippen LogP contribution is 2.23. The van der Waals surface area contributed by atoms with Crippen molar-refractivity contribution in [1.82, 2.24) is 0 Å². The summed E-state index contributed by atoms with van der Waals surface area (Å²) >= 11 is 3.39. The number of anilines is 1. The Morgan fingerprint density at radius 3 is 2.58 bits per heavy atom. The van der Waals surface area contributed by atoms with E-state index in [1.807, 2.05) is 48.5 Å². The Kier molecular flexibility index (Phi) is 3.09. The molecule has 0 fully saturated rings. The van der Waals surface area contributed by atoms with Gasteiger partial charge in [0, 0.05) is 9.86 Å². The lowest BCUT2D eigenvalue weighted by atomic mass is 10.2. The second-order valence-electron chi connectivity index (χ2n) is 4.08. The number of halogens is 1. The van der Waals surface area contributed by atoms with Crippen LogP contribution in [0.15, 0.2) is 63.5 Å². The number of nitrogens with one attached hydrogen (secondary N) is 1. The highest BCUT2D eigenvalue weighted by Gasteiger charge is 2.13. The summed E-state index contributed by atoms with van der Waals surface area (Å²) < 4.78 is 6.35. The van der Waals surface area contributed by atoms with Crippen LogP contribution in [0.25, 0.3) is 11.0 Å². The second kappa shape index (κ2) is 4.90. The first kappa shape index (κ1) is 12.0. The van der Waals surface area contributed by atoms with E-state index in [9.17, 15) is 4.79 Å². The smallest absolute Gasteiger partial charge is 0.291 e. The molecule has 94 valence electrons. The number of carbonyl (C=O) groups is 1. The molecule has 1 heterocycles. The van der Waals surface area contributed by atoms with Crippen LogP contribution in [0, 0.1) is 0 Å². The zero-order valence-electron chi connectivity index (χ0n) is 9.89. The molecular weight excluding hydrogens is 306 g/mol. The first-order chi connectivity index (χ1) is 9.24. The maximum atomic E-state index is 12.1. The standard InChI is InChI=1S/C15H10BrNO2/c16-11-6-2-3-7-12(11)17-15(18)14-9-10-5-1-4-8-13(10)19-14/h1-9H,(H,17,18). The van der Waals surface area contributed by atoms with E-state index in [2.05, 4.69) is 21.2 Å². The van der Waals surface area contributed by atoms with Crippen molar-refractivity contribution in [2.24, 2.45) is 0 Å². The van der Waals surface area contributed by atoms with Crippen molar-refractivity contribution in [3.8, 4) is 0 Å². The van der Waals surface area contributed by atoms with Crippen molar-refractivity contribution >= 4 is 38.5 Å². The molecule has 0 aliphatic rings. The van der Waals surface area contributed by atoms with Crippen LogP contribution >= 0.6 is 15.9 Å². The van der Waals surface area contributed by atoms with Crippen molar-refractivity contribution in [2.45, 2.75) is 0 Å². The minimum absolute atomic E-state index is 0.261. The minimum Gasteiger partial charge on any atom is -0.451 e. The molecule has 4 heteroatoms. The van der Waals surface area contributed by atoms with Gasteiger partial charge in [0.15, 0.2) is 5.76 Å². The Hall–Kier alpha value is -2.07. The number of para-hydroxylation sites is 2. The molecule has 0 spiro atoms. The van der Waals surface area contributed by atoms with Crippen molar-refractivity contribution in [1.29, 1.82) is 0 Å². The molecule has 2 aromatic carbocycles. The summed E-state index contributed by atoms with van der Waals surface area (Å²) in [5.74, 6) is 0.0417. The molecule has 0 unspecified atom stereocenters. The van der Waals surface area contributed by atoms with Gasteiger partial charge in [-0.2, -0.15) is 0 Å². The van der Waals surface area contributed by atoms with Crippen LogP contribution in [-0.2, 0) is 0 Å². The number of furan rings is 1. The maximum Gasteiger partial charge on any atom is 0.291 e. The fraction of sp³-hybridized carbons (Fsp3) is 0. The molecular formula is C15H10BrNO2. The quantitative estimate of drug-likeness (QED) is 0.759. The summed E-state index contributed by atoms with van der Waals surface area (Å²) in [6.45, 7) is 0. The zero-order valence-corrected chi connectivity index (χ0v) is 11.5. The summed E-state index contributed by atoms with van der Waals surface area (Å²) in [6, 6.07) is 16.7. The molecule has 3 rings (SSSR count). The van der Waals surface area contributed by atoms with Gasteiger partial charge < -0.3 is 9.73 Å². The van der Waals surface area contributed by atoms with Crippen LogP contribution in [0.2, 0.25) is 0 Å². The predicted octanol–water partition coefficient (Wildman–Crippen LogP) is 4.45. The van der Waals surface area contributed by atoms with Gasteiger partial charge in [0.1, 0.15) is 5.58 Å². The van der Waals surface area contributed by atoms with Gasteiger partial charge in [-0.1, -0.05) is 30.3 Å². The Labute approximate surface area is 118 Å². The topological polar surface area (TPSA) is 42.2 Å². The molecule has 0 saturated carbocycles. The zero-order chi connectivity index (χ0) is 13.2. The fourth-order valence-corrected chi connectivity index (χ4v) is 2.22. The minimum atomic E-state index is -0.261. The first-order valence-electron chi connectivity index (χ1n) is 5.78. The monoisotopic (exact) mass is 315 g/mol. The average molecular weight is 316 g/mol. The van der Waals surface area contributed by atoms with Crippen molar-refractivity contribution < 1.29 is 9.21 Å². The van der Waals surface area contributed by atoms with Crippen LogP contribution in [0.4, 0.5) is 5.69 Å². The molecule has 1 aromatic heterocycles. The summed E-state index contributed by atoms with van der Waals surface area (Å²) in [7, 11) is 0. The van der Waals surface area contributed by atoms with Gasteiger partial charge in [-0.3, -0.25) is 4.79 Å². The molecule has 0 aliphatic heterocycles. The number of hydrogen-bond donors (Lipinski definition) is 1. The maximum absolute atomic E-state index is 12.1. The molecule has 0 radical (unpaired) electrons. The van der Waals surface area contributed by atoms with Gasteiger partial charge in [-0.15, -0.1) is 0 Å². The largest absolute Gasteiger partial charge is 0.451 e. The fourth-order valence-electron chi connectivity index (χ4n) is 1.84. The summed E-state index contributed by atoms with van der Waals surface area (Å²) in [6.07, 6.45) is 0. The number of carbonyl (C=O) groups excluding carboxylic acids is 1. The van der Waals surface area contributed by atoms with Gasteiger partial charge in [0.05, 0.1) is 5.69 Å². The van der Waals surface area contributed by atoms with E-state index >= 15 is 0 Å². The van der Waals surface area contributed by atoms with E-state index in [1.54, 1.807) is 6.07 Å². The van der Waals surface area contributed by atoms with Crippen molar-refractivity contribution in [3.63, 3.8) is 0 Å².